The van der Waals surface area contributed by atoms with E-state index >= 15 is 0 Å². The predicted molar refractivity (Wildman–Crippen MR) is 246 cm³/mol. The van der Waals surface area contributed by atoms with Gasteiger partial charge in [0.2, 0.25) is 0 Å². The van der Waals surface area contributed by atoms with Crippen molar-refractivity contribution >= 4 is 38.7 Å². The quantitative estimate of drug-likeness (QED) is 0.133. The molecule has 9 rings (SSSR count). The molecule has 2 aliphatic carbocycles. The summed E-state index contributed by atoms with van der Waals surface area (Å²) in [5, 5.41) is 3.04. The summed E-state index contributed by atoms with van der Waals surface area (Å²) in [7, 11) is -2.80. The van der Waals surface area contributed by atoms with Gasteiger partial charge in [-0.1, -0.05) is 0 Å². The number of rotatable bonds is 8. The number of allylic oxidation sites excluding steroid dienone is 2. The maximum absolute atomic E-state index is 3.35. The molecule has 0 spiro atoms. The van der Waals surface area contributed by atoms with Crippen LogP contribution in [0.1, 0.15) is 40.7 Å². The number of fused-ring (bicyclic) bond motifs is 6. The number of benzene rings is 6. The zero-order valence-corrected chi connectivity index (χ0v) is 40.2. The second-order valence-corrected chi connectivity index (χ2v) is 47.0. The summed E-state index contributed by atoms with van der Waals surface area (Å²) in [5.41, 5.74) is 17.7. The maximum atomic E-state index is 2.80. The van der Waals surface area contributed by atoms with Crippen LogP contribution in [0, 0.1) is 5.41 Å². The molecule has 0 bridgehead atoms. The van der Waals surface area contributed by atoms with E-state index in [9.17, 15) is 0 Å². The van der Waals surface area contributed by atoms with Crippen LogP contribution in [-0.4, -0.2) is 16.1 Å². The average Bonchev–Trinajstić information content (AvgIpc) is 3.80. The van der Waals surface area contributed by atoms with Crippen molar-refractivity contribution in [2.45, 2.75) is 68.8 Å². The molecular formula is C53H56HfSi2. The fourth-order valence-corrected chi connectivity index (χ4v) is 30.2. The third kappa shape index (κ3) is 6.33. The van der Waals surface area contributed by atoms with E-state index in [1.165, 1.54) is 54.9 Å². The molecule has 2 atom stereocenters. The van der Waals surface area contributed by atoms with E-state index in [0.29, 0.717) is 7.35 Å². The summed E-state index contributed by atoms with van der Waals surface area (Å²) in [4.78, 5) is 0. The van der Waals surface area contributed by atoms with Gasteiger partial charge in [-0.25, -0.2) is 0 Å². The van der Waals surface area contributed by atoms with Gasteiger partial charge in [-0.15, -0.1) is 0 Å². The monoisotopic (exact) mass is 928 g/mol. The molecule has 6 aromatic rings. The minimum atomic E-state index is -3.35. The Morgan fingerprint density at radius 3 is 1.18 bits per heavy atom. The molecule has 0 radical (unpaired) electrons. The fraction of sp³-hybridized carbons (Fsp3) is 0.245. The second kappa shape index (κ2) is 13.9. The summed E-state index contributed by atoms with van der Waals surface area (Å²) in [6, 6.07) is 56.7. The van der Waals surface area contributed by atoms with E-state index in [2.05, 4.69) is 206 Å². The Bertz CT molecular complexity index is 2320. The fourth-order valence-electron chi connectivity index (χ4n) is 10.7. The molecule has 1 fully saturated rings. The van der Waals surface area contributed by atoms with Gasteiger partial charge in [0.15, 0.2) is 0 Å². The molecular weight excluding hydrogens is 871 g/mol. The Balaban J connectivity index is 1.29. The molecule has 280 valence electrons. The first-order chi connectivity index (χ1) is 26.8. The average molecular weight is 928 g/mol. The van der Waals surface area contributed by atoms with Crippen LogP contribution >= 0.6 is 0 Å². The van der Waals surface area contributed by atoms with Crippen molar-refractivity contribution in [2.75, 3.05) is 0 Å². The molecule has 56 heavy (non-hydrogen) atoms. The first-order valence-electron chi connectivity index (χ1n) is 20.8. The standard InChI is InChI=1S/C51H50Si2.2CH3.Hf/c1-52(2,3)45-27-23-39(24-28-45)47-21-13-19-41-31-43(33-49(41)47)51(35-37-15-9-7-10-16-37,36-38-17-11-8-12-18-38)44-32-42-20-14-22-48(50(42)34-44)40-25-29-46(30-26-40)53(4,5)6;;;/h7-34H,35-36H2,1-6H3;2*1H3;. The Kier molecular flexibility index (Phi) is 9.34. The van der Waals surface area contributed by atoms with E-state index in [0.717, 1.165) is 12.8 Å². The van der Waals surface area contributed by atoms with Crippen LogP contribution in [0.4, 0.5) is 0 Å². The third-order valence-corrected chi connectivity index (χ3v) is 32.8. The van der Waals surface area contributed by atoms with Crippen LogP contribution in [0.2, 0.25) is 48.6 Å². The molecule has 0 nitrogen and oxygen atoms in total. The van der Waals surface area contributed by atoms with Crippen molar-refractivity contribution in [2.24, 2.45) is 5.41 Å². The number of hydrogen-bond donors (Lipinski definition) is 0. The summed E-state index contributed by atoms with van der Waals surface area (Å²) < 4.78 is 6.60. The van der Waals surface area contributed by atoms with E-state index in [-0.39, 0.29) is 5.41 Å². The first kappa shape index (κ1) is 37.7. The Labute approximate surface area is 342 Å². The second-order valence-electron chi connectivity index (χ2n) is 19.6. The van der Waals surface area contributed by atoms with Gasteiger partial charge in [0.05, 0.1) is 0 Å². The Morgan fingerprint density at radius 1 is 0.446 bits per heavy atom. The topological polar surface area (TPSA) is 0 Å². The molecule has 0 amide bonds. The van der Waals surface area contributed by atoms with Crippen LogP contribution in [0.15, 0.2) is 157 Å². The van der Waals surface area contributed by atoms with Gasteiger partial charge in [-0.05, 0) is 0 Å². The van der Waals surface area contributed by atoms with Crippen molar-refractivity contribution in [3.63, 3.8) is 0 Å². The predicted octanol–water partition coefficient (Wildman–Crippen LogP) is 13.4. The molecule has 1 heterocycles. The van der Waals surface area contributed by atoms with Crippen LogP contribution in [0.5, 0.6) is 0 Å². The summed E-state index contributed by atoms with van der Waals surface area (Å²) in [6.07, 6.45) is 7.45. The van der Waals surface area contributed by atoms with Crippen LogP contribution in [0.3, 0.4) is 0 Å². The van der Waals surface area contributed by atoms with Crippen LogP contribution in [0.25, 0.3) is 34.4 Å². The minimum absolute atomic E-state index is 0.163. The van der Waals surface area contributed by atoms with Crippen LogP contribution < -0.4 is 10.4 Å². The van der Waals surface area contributed by atoms with E-state index in [4.69, 9.17) is 0 Å². The van der Waals surface area contributed by atoms with Crippen LogP contribution in [-0.2, 0) is 32.8 Å². The van der Waals surface area contributed by atoms with E-state index < -0.39 is 36.1 Å². The number of hydrogen-bond acceptors (Lipinski definition) is 0. The van der Waals surface area contributed by atoms with Crippen molar-refractivity contribution in [1.29, 1.82) is 0 Å². The van der Waals surface area contributed by atoms with Crippen molar-refractivity contribution < 1.29 is 20.0 Å². The molecule has 0 aromatic heterocycles. The van der Waals surface area contributed by atoms with Gasteiger partial charge >= 0.3 is 345 Å². The van der Waals surface area contributed by atoms with Crippen molar-refractivity contribution in [1.82, 2.24) is 0 Å². The molecule has 3 heteroatoms. The van der Waals surface area contributed by atoms with Gasteiger partial charge in [0.25, 0.3) is 0 Å². The Morgan fingerprint density at radius 2 is 0.821 bits per heavy atom. The SMILES string of the molecule is C[Si](C)(C)c1ccc(-c2cccc3c2C=C2[CH]3[Hf]([CH3])([CH3])[CH]3C(=Cc4c(-c5ccc([Si](C)(C)C)cc5)cccc43)C2(Cc2ccccc2)Cc2ccccc2)cc1. The molecule has 3 aliphatic rings. The van der Waals surface area contributed by atoms with Gasteiger partial charge < -0.3 is 0 Å². The molecule has 6 aromatic carbocycles. The first-order valence-corrected chi connectivity index (χ1v) is 39.1. The zero-order chi connectivity index (χ0) is 39.0. The summed E-state index contributed by atoms with van der Waals surface area (Å²) in [6.45, 7) is 14.7. The molecule has 1 saturated heterocycles. The summed E-state index contributed by atoms with van der Waals surface area (Å²) in [5.74, 6) is 0. The molecule has 0 saturated carbocycles. The normalized spacial score (nSPS) is 19.0. The summed E-state index contributed by atoms with van der Waals surface area (Å²) >= 11 is -3.35. The zero-order valence-electron chi connectivity index (χ0n) is 34.6. The van der Waals surface area contributed by atoms with Gasteiger partial charge in [0, 0.05) is 0 Å². The van der Waals surface area contributed by atoms with Gasteiger partial charge in [-0.3, -0.25) is 0 Å². The molecule has 2 unspecified atom stereocenters. The molecule has 1 aliphatic heterocycles. The Hall–Kier alpha value is -3.90. The third-order valence-electron chi connectivity index (χ3n) is 13.5. The van der Waals surface area contributed by atoms with Gasteiger partial charge in [0.1, 0.15) is 0 Å². The van der Waals surface area contributed by atoms with E-state index in [1.54, 1.807) is 22.3 Å². The molecule has 0 N–H and O–H groups in total. The van der Waals surface area contributed by atoms with Crippen molar-refractivity contribution in [3.05, 3.63) is 190 Å². The van der Waals surface area contributed by atoms with Crippen molar-refractivity contribution in [3.8, 4) is 22.3 Å². The van der Waals surface area contributed by atoms with E-state index in [1.807, 2.05) is 0 Å². The van der Waals surface area contributed by atoms with Gasteiger partial charge in [-0.2, -0.15) is 0 Å².